The fourth-order valence-corrected chi connectivity index (χ4v) is 1.90. The topological polar surface area (TPSA) is 114 Å². The maximum Gasteiger partial charge on any atom is 0.335 e. The molecule has 1 heterocycles. The second-order valence-electron chi connectivity index (χ2n) is 4.87. The Hall–Kier alpha value is -3.52. The van der Waals surface area contributed by atoms with E-state index in [-0.39, 0.29) is 24.5 Å². The molecule has 0 atom stereocenters. The number of hydrogen-bond acceptors (Lipinski definition) is 7. The molecule has 0 fully saturated rings. The second kappa shape index (κ2) is 7.84. The first-order valence-corrected chi connectivity index (χ1v) is 7.44. The number of carbonyl (C=O) groups is 1. The molecule has 2 N–H and O–H groups in total. The van der Waals surface area contributed by atoms with Gasteiger partial charge in [-0.3, -0.25) is 5.32 Å². The Kier molecular flexibility index (Phi) is 5.13. The zero-order valence-corrected chi connectivity index (χ0v) is 13.0. The first-order valence-electron chi connectivity index (χ1n) is 7.44. The number of nitrogens with two attached hydrogens (primary N) is 1. The average Bonchev–Trinajstić information content (AvgIpc) is 2.61. The van der Waals surface area contributed by atoms with E-state index in [4.69, 9.17) is 9.47 Å². The Morgan fingerprint density at radius 2 is 1.32 bits per heavy atom. The first kappa shape index (κ1) is 16.3. The van der Waals surface area contributed by atoms with Crippen LogP contribution in [-0.4, -0.2) is 27.5 Å². The van der Waals surface area contributed by atoms with Gasteiger partial charge in [0.15, 0.2) is 0 Å². The van der Waals surface area contributed by atoms with Gasteiger partial charge in [-0.15, -0.1) is 15.0 Å². The van der Waals surface area contributed by atoms with Crippen molar-refractivity contribution in [2.45, 2.75) is 0 Å². The Morgan fingerprint density at radius 1 is 0.840 bits per heavy atom. The van der Waals surface area contributed by atoms with Gasteiger partial charge in [0.25, 0.3) is 0 Å². The monoisotopic (exact) mass is 338 g/mol. The third-order valence-electron chi connectivity index (χ3n) is 2.97. The van der Waals surface area contributed by atoms with E-state index in [0.29, 0.717) is 11.5 Å². The summed E-state index contributed by atoms with van der Waals surface area (Å²) in [4.78, 5) is 22.9. The van der Waals surface area contributed by atoms with Crippen molar-refractivity contribution in [3.05, 3.63) is 60.7 Å². The van der Waals surface area contributed by atoms with Crippen LogP contribution in [0.15, 0.2) is 60.7 Å². The first-order chi connectivity index (χ1) is 12.2. The summed E-state index contributed by atoms with van der Waals surface area (Å²) in [7, 11) is 0. The normalized spacial score (nSPS) is 10.2. The van der Waals surface area contributed by atoms with Crippen molar-refractivity contribution in [2.75, 3.05) is 6.54 Å². The van der Waals surface area contributed by atoms with Crippen molar-refractivity contribution in [1.29, 1.82) is 0 Å². The molecule has 0 unspecified atom stereocenters. The summed E-state index contributed by atoms with van der Waals surface area (Å²) in [6.45, 7) is -0.334. The van der Waals surface area contributed by atoms with E-state index in [9.17, 15) is 9.90 Å². The van der Waals surface area contributed by atoms with Crippen molar-refractivity contribution in [2.24, 2.45) is 0 Å². The number of hydrogen-bond donors (Lipinski definition) is 1. The molecule has 0 radical (unpaired) electrons. The number of aromatic nitrogens is 3. The molecule has 8 nitrogen and oxygen atoms in total. The van der Waals surface area contributed by atoms with E-state index in [1.54, 1.807) is 48.5 Å². The number of carbonyl (C=O) groups excluding carboxylic acids is 1. The fraction of sp³-hybridized carbons (Fsp3) is 0.0588. The lowest BCUT2D eigenvalue weighted by molar-refractivity contribution is -0.576. The standard InChI is InChI=1S/C17H14N4O4/c22-14(23)11-18-15-19-16(24-12-7-3-1-4-8-12)21-17(20-15)25-13-9-5-2-6-10-13/h1-10H,11H2,(H,22,23)(H,18,19,20,21). The number of aliphatic carboxylic acids is 1. The number of carboxylic acid groups (broad SMARTS) is 1. The highest BCUT2D eigenvalue weighted by Gasteiger charge is 2.13. The molecular weight excluding hydrogens is 324 g/mol. The SMILES string of the molecule is O=C([O-])C[NH2+]c1nc(Oc2ccccc2)nc(Oc2ccccc2)n1. The molecule has 0 aliphatic carbocycles. The van der Waals surface area contributed by atoms with Gasteiger partial charge in [0, 0.05) is 0 Å². The van der Waals surface area contributed by atoms with Crippen LogP contribution in [-0.2, 0) is 4.79 Å². The average molecular weight is 338 g/mol. The number of nitrogens with zero attached hydrogens (tertiary/aromatic N) is 3. The minimum absolute atomic E-state index is 0.00303. The van der Waals surface area contributed by atoms with Gasteiger partial charge in [-0.2, -0.15) is 0 Å². The fourth-order valence-electron chi connectivity index (χ4n) is 1.90. The van der Waals surface area contributed by atoms with E-state index < -0.39 is 5.97 Å². The van der Waals surface area contributed by atoms with Crippen LogP contribution in [0.4, 0.5) is 5.95 Å². The van der Waals surface area contributed by atoms with Crippen LogP contribution in [0.3, 0.4) is 0 Å². The van der Waals surface area contributed by atoms with Crippen molar-refractivity contribution in [1.82, 2.24) is 15.0 Å². The highest BCUT2D eigenvalue weighted by molar-refractivity contribution is 5.65. The molecule has 0 saturated heterocycles. The van der Waals surface area contributed by atoms with E-state index in [1.165, 1.54) is 5.32 Å². The van der Waals surface area contributed by atoms with Crippen molar-refractivity contribution in [3.8, 4) is 23.5 Å². The van der Waals surface area contributed by atoms with Crippen LogP contribution in [0.5, 0.6) is 23.5 Å². The minimum atomic E-state index is -1.24. The van der Waals surface area contributed by atoms with Crippen molar-refractivity contribution in [3.63, 3.8) is 0 Å². The van der Waals surface area contributed by atoms with Gasteiger partial charge in [-0.05, 0) is 24.3 Å². The van der Waals surface area contributed by atoms with E-state index >= 15 is 0 Å². The van der Waals surface area contributed by atoms with Crippen LogP contribution < -0.4 is 19.9 Å². The van der Waals surface area contributed by atoms with Gasteiger partial charge >= 0.3 is 18.0 Å². The Balaban J connectivity index is 1.86. The summed E-state index contributed by atoms with van der Waals surface area (Å²) in [5.41, 5.74) is 0. The minimum Gasteiger partial charge on any atom is -0.544 e. The quantitative estimate of drug-likeness (QED) is 0.663. The number of rotatable bonds is 7. The smallest absolute Gasteiger partial charge is 0.335 e. The molecular formula is C17H14N4O4. The van der Waals surface area contributed by atoms with Crippen LogP contribution in [0.25, 0.3) is 0 Å². The summed E-state index contributed by atoms with van der Waals surface area (Å²) in [6, 6.07) is 17.9. The molecule has 0 saturated carbocycles. The van der Waals surface area contributed by atoms with Gasteiger partial charge in [0.2, 0.25) is 0 Å². The molecule has 25 heavy (non-hydrogen) atoms. The summed E-state index contributed by atoms with van der Waals surface area (Å²) in [6.07, 6.45) is 0. The molecule has 0 spiro atoms. The molecule has 1 aromatic heterocycles. The van der Waals surface area contributed by atoms with Gasteiger partial charge < -0.3 is 19.4 Å². The van der Waals surface area contributed by atoms with Gasteiger partial charge in [0.05, 0.1) is 5.97 Å². The van der Waals surface area contributed by atoms with Gasteiger partial charge in [-0.25, -0.2) is 0 Å². The van der Waals surface area contributed by atoms with Crippen LogP contribution >= 0.6 is 0 Å². The summed E-state index contributed by atoms with van der Waals surface area (Å²) in [5, 5.41) is 11.9. The highest BCUT2D eigenvalue weighted by atomic mass is 16.5. The molecule has 2 aromatic carbocycles. The molecule has 0 aliphatic heterocycles. The third kappa shape index (κ3) is 4.98. The number of benzene rings is 2. The summed E-state index contributed by atoms with van der Waals surface area (Å²) >= 11 is 0. The Labute approximate surface area is 143 Å². The summed E-state index contributed by atoms with van der Waals surface area (Å²) in [5.74, 6) is -0.0528. The van der Waals surface area contributed by atoms with Crippen LogP contribution in [0.2, 0.25) is 0 Å². The molecule has 0 bridgehead atoms. The van der Waals surface area contributed by atoms with Crippen LogP contribution in [0.1, 0.15) is 0 Å². The maximum absolute atomic E-state index is 10.6. The summed E-state index contributed by atoms with van der Waals surface area (Å²) < 4.78 is 11.2. The Morgan fingerprint density at radius 3 is 1.76 bits per heavy atom. The molecule has 126 valence electrons. The number of para-hydroxylation sites is 2. The van der Waals surface area contributed by atoms with Crippen molar-refractivity contribution < 1.29 is 24.7 Å². The molecule has 3 rings (SSSR count). The predicted molar refractivity (Wildman–Crippen MR) is 84.3 cm³/mol. The van der Waals surface area contributed by atoms with Gasteiger partial charge in [-0.1, -0.05) is 36.4 Å². The lowest BCUT2D eigenvalue weighted by Gasteiger charge is -2.08. The van der Waals surface area contributed by atoms with E-state index in [2.05, 4.69) is 15.0 Å². The zero-order chi connectivity index (χ0) is 17.5. The molecule has 3 aromatic rings. The predicted octanol–water partition coefficient (Wildman–Crippen LogP) is 0.401. The van der Waals surface area contributed by atoms with Crippen LogP contribution in [0, 0.1) is 0 Å². The lowest BCUT2D eigenvalue weighted by Crippen LogP contribution is -2.82. The molecule has 0 aliphatic rings. The highest BCUT2D eigenvalue weighted by Crippen LogP contribution is 2.22. The number of ether oxygens (including phenoxy) is 2. The third-order valence-corrected chi connectivity index (χ3v) is 2.97. The molecule has 0 amide bonds. The molecule has 8 heteroatoms. The maximum atomic E-state index is 10.6. The van der Waals surface area contributed by atoms with E-state index in [0.717, 1.165) is 0 Å². The Bertz CT molecular complexity index is 784. The number of quaternary nitrogens is 1. The van der Waals surface area contributed by atoms with E-state index in [1.807, 2.05) is 12.1 Å². The lowest BCUT2D eigenvalue weighted by atomic mass is 10.3. The number of carboxylic acids is 1. The largest absolute Gasteiger partial charge is 0.544 e. The van der Waals surface area contributed by atoms with Gasteiger partial charge in [0.1, 0.15) is 18.0 Å². The zero-order valence-electron chi connectivity index (χ0n) is 13.0. The van der Waals surface area contributed by atoms with Crippen molar-refractivity contribution >= 4 is 11.9 Å². The second-order valence-corrected chi connectivity index (χ2v) is 4.87.